The molecule has 260 valence electrons. The molecule has 2 amide bonds. The normalized spacial score (nSPS) is 14.8. The van der Waals surface area contributed by atoms with E-state index in [1.165, 1.54) is 4.68 Å². The van der Waals surface area contributed by atoms with Crippen LogP contribution in [0.5, 0.6) is 23.0 Å². The number of methoxy groups -OCH3 is 1. The number of hydrogen-bond acceptors (Lipinski definition) is 9. The molecular formula is C34H39ClN6O8. The monoisotopic (exact) mass is 694 g/mol. The number of carboxylic acid groups (broad SMARTS) is 1. The maximum atomic E-state index is 13.7. The van der Waals surface area contributed by atoms with Crippen molar-refractivity contribution in [3.63, 3.8) is 0 Å². The van der Waals surface area contributed by atoms with Gasteiger partial charge in [-0.1, -0.05) is 17.7 Å². The van der Waals surface area contributed by atoms with Gasteiger partial charge >= 0.3 is 0 Å². The molecule has 2 bridgehead atoms. The third kappa shape index (κ3) is 8.82. The van der Waals surface area contributed by atoms with E-state index in [9.17, 15) is 9.59 Å². The van der Waals surface area contributed by atoms with Gasteiger partial charge in [0.05, 0.1) is 25.2 Å². The summed E-state index contributed by atoms with van der Waals surface area (Å²) in [6.45, 7) is 2.81. The van der Waals surface area contributed by atoms with Crippen molar-refractivity contribution in [2.75, 3.05) is 46.7 Å². The maximum absolute atomic E-state index is 13.7. The topological polar surface area (TPSA) is 150 Å². The molecular weight excluding hydrogens is 656 g/mol. The van der Waals surface area contributed by atoms with Crippen LogP contribution in [0.3, 0.4) is 0 Å². The smallest absolute Gasteiger partial charge is 0.290 e. The Hall–Kier alpha value is -5.24. The highest BCUT2D eigenvalue weighted by Gasteiger charge is 2.23. The third-order valence-electron chi connectivity index (χ3n) is 8.10. The number of ether oxygens (including phenoxy) is 4. The van der Waals surface area contributed by atoms with E-state index in [0.717, 1.165) is 17.0 Å². The van der Waals surface area contributed by atoms with E-state index >= 15 is 0 Å². The first-order valence-corrected chi connectivity index (χ1v) is 16.2. The van der Waals surface area contributed by atoms with E-state index in [1.807, 2.05) is 52.1 Å². The fourth-order valence-electron chi connectivity index (χ4n) is 5.72. The molecule has 2 aliphatic rings. The minimum Gasteiger partial charge on any atom is -0.493 e. The molecule has 0 unspecified atom stereocenters. The molecule has 1 N–H and O–H groups in total. The predicted molar refractivity (Wildman–Crippen MR) is 179 cm³/mol. The largest absolute Gasteiger partial charge is 0.493 e. The van der Waals surface area contributed by atoms with Gasteiger partial charge < -0.3 is 38.4 Å². The third-order valence-corrected chi connectivity index (χ3v) is 8.38. The fourth-order valence-corrected chi connectivity index (χ4v) is 5.98. The highest BCUT2D eigenvalue weighted by molar-refractivity contribution is 6.33. The number of amides is 2. The number of aryl methyl sites for hydroxylation is 1. The molecule has 4 heterocycles. The molecule has 14 nitrogen and oxygen atoms in total. The summed E-state index contributed by atoms with van der Waals surface area (Å²) in [5, 5.41) is 11.5. The van der Waals surface area contributed by atoms with Crippen LogP contribution in [0.4, 0.5) is 0 Å². The second-order valence-corrected chi connectivity index (χ2v) is 11.8. The lowest BCUT2D eigenvalue weighted by molar-refractivity contribution is -0.130. The second kappa shape index (κ2) is 16.7. The average molecular weight is 695 g/mol. The van der Waals surface area contributed by atoms with Gasteiger partial charge in [0.2, 0.25) is 12.7 Å². The van der Waals surface area contributed by atoms with E-state index < -0.39 is 0 Å². The number of nitrogens with zero attached hydrogens (tertiary/aromatic N) is 6. The molecule has 6 rings (SSSR count). The molecule has 0 aliphatic carbocycles. The van der Waals surface area contributed by atoms with Crippen molar-refractivity contribution in [3.8, 4) is 34.4 Å². The summed E-state index contributed by atoms with van der Waals surface area (Å²) in [5.74, 6) is 3.07. The highest BCUT2D eigenvalue weighted by Crippen LogP contribution is 2.34. The Kier molecular flexibility index (Phi) is 12.0. The van der Waals surface area contributed by atoms with Gasteiger partial charge in [0.1, 0.15) is 5.82 Å². The standard InChI is InChI=1S/C33H37ClN6O6.CH2O2/c1-37-21-25(34)31(36-37)33(42)40-12-4-3-11-38(30(41)19-23-6-8-27-28(18-23)46-22-45-27)15-16-39-14-10-35-32(39)24-7-9-26(43-2)29(20-24)44-17-5-13-40;2-1-3/h6-10,14,18,20-21H,3-5,11-13,15-17,19,22H2,1-2H3;1H,(H,2,3). The van der Waals surface area contributed by atoms with Crippen molar-refractivity contribution in [3.05, 3.63) is 71.3 Å². The van der Waals surface area contributed by atoms with Crippen molar-refractivity contribution in [2.24, 2.45) is 7.05 Å². The quantitative estimate of drug-likeness (QED) is 0.309. The van der Waals surface area contributed by atoms with Crippen LogP contribution in [0.15, 0.2) is 55.0 Å². The second-order valence-electron chi connectivity index (χ2n) is 11.4. The number of carbonyl (C=O) groups is 3. The Morgan fingerprint density at radius 1 is 0.959 bits per heavy atom. The summed E-state index contributed by atoms with van der Waals surface area (Å²) in [4.78, 5) is 43.9. The van der Waals surface area contributed by atoms with Gasteiger partial charge in [-0.15, -0.1) is 0 Å². The lowest BCUT2D eigenvalue weighted by Gasteiger charge is -2.25. The molecule has 0 spiro atoms. The summed E-state index contributed by atoms with van der Waals surface area (Å²) < 4.78 is 26.3. The van der Waals surface area contributed by atoms with Crippen molar-refractivity contribution < 1.29 is 38.4 Å². The van der Waals surface area contributed by atoms with Crippen LogP contribution in [0.2, 0.25) is 5.02 Å². The molecule has 2 aromatic heterocycles. The van der Waals surface area contributed by atoms with Crippen LogP contribution in [0.25, 0.3) is 11.4 Å². The highest BCUT2D eigenvalue weighted by atomic mass is 35.5. The van der Waals surface area contributed by atoms with E-state index in [2.05, 4.69) is 10.1 Å². The summed E-state index contributed by atoms with van der Waals surface area (Å²) in [7, 11) is 3.33. The van der Waals surface area contributed by atoms with Gasteiger partial charge in [0.15, 0.2) is 28.7 Å². The van der Waals surface area contributed by atoms with E-state index in [1.54, 1.807) is 31.5 Å². The van der Waals surface area contributed by atoms with Crippen molar-refractivity contribution >= 4 is 29.9 Å². The van der Waals surface area contributed by atoms with Crippen molar-refractivity contribution in [1.82, 2.24) is 29.1 Å². The van der Waals surface area contributed by atoms with Crippen LogP contribution < -0.4 is 18.9 Å². The average Bonchev–Trinajstić information content (AvgIpc) is 3.84. The molecule has 15 heteroatoms. The number of imidazole rings is 1. The number of halogens is 1. The van der Waals surface area contributed by atoms with Gasteiger partial charge in [-0.25, -0.2) is 4.98 Å². The molecule has 4 aromatic rings. The van der Waals surface area contributed by atoms with Gasteiger partial charge in [-0.2, -0.15) is 5.10 Å². The van der Waals surface area contributed by atoms with Crippen LogP contribution in [-0.4, -0.2) is 99.2 Å². The predicted octanol–water partition coefficient (Wildman–Crippen LogP) is 4.15. The Bertz CT molecular complexity index is 1760. The molecule has 0 saturated carbocycles. The Labute approximate surface area is 288 Å². The SMILES string of the molecule is COc1ccc2cc1OCCCN(C(=O)c1nn(C)cc1Cl)CCCCN(C(=O)Cc1ccc3c(c1)OCO3)CCn1ccnc1-2.O=CO. The molecule has 2 aromatic carbocycles. The fraction of sp³-hybridized carbons (Fsp3) is 0.382. The van der Waals surface area contributed by atoms with Crippen LogP contribution >= 0.6 is 11.6 Å². The Morgan fingerprint density at radius 2 is 1.71 bits per heavy atom. The van der Waals surface area contributed by atoms with Gasteiger partial charge in [-0.3, -0.25) is 19.1 Å². The van der Waals surface area contributed by atoms with Gasteiger partial charge in [-0.05, 0) is 55.2 Å². The number of carbonyl (C=O) groups excluding carboxylic acids is 2. The Morgan fingerprint density at radius 3 is 2.47 bits per heavy atom. The lowest BCUT2D eigenvalue weighted by atomic mass is 10.1. The summed E-state index contributed by atoms with van der Waals surface area (Å²) in [6.07, 6.45) is 7.50. The van der Waals surface area contributed by atoms with Crippen LogP contribution in [0, 0.1) is 0 Å². The molecule has 0 radical (unpaired) electrons. The van der Waals surface area contributed by atoms with Gasteiger partial charge in [0, 0.05) is 63.9 Å². The lowest BCUT2D eigenvalue weighted by Crippen LogP contribution is -2.37. The zero-order valence-electron chi connectivity index (χ0n) is 27.4. The minimum absolute atomic E-state index is 0.00628. The number of benzene rings is 2. The van der Waals surface area contributed by atoms with E-state index in [-0.39, 0.29) is 37.2 Å². The zero-order chi connectivity index (χ0) is 34.8. The number of hydrogen-bond donors (Lipinski definition) is 1. The van der Waals surface area contributed by atoms with Gasteiger partial charge in [0.25, 0.3) is 12.4 Å². The summed E-state index contributed by atoms with van der Waals surface area (Å²) in [5.41, 5.74) is 1.95. The van der Waals surface area contributed by atoms with Crippen LogP contribution in [0.1, 0.15) is 35.3 Å². The molecule has 0 fully saturated rings. The molecule has 2 aliphatic heterocycles. The summed E-state index contributed by atoms with van der Waals surface area (Å²) >= 11 is 6.34. The van der Waals surface area contributed by atoms with Crippen LogP contribution in [-0.2, 0) is 29.6 Å². The first kappa shape index (κ1) is 35.1. The Balaban J connectivity index is 0.00000151. The maximum Gasteiger partial charge on any atom is 0.290 e. The molecule has 0 atom stereocenters. The number of fused-ring (bicyclic) bond motifs is 5. The number of rotatable bonds is 4. The summed E-state index contributed by atoms with van der Waals surface area (Å²) in [6, 6.07) is 11.3. The first-order chi connectivity index (χ1) is 23.8. The van der Waals surface area contributed by atoms with E-state index in [4.69, 9.17) is 40.4 Å². The van der Waals surface area contributed by atoms with E-state index in [0.29, 0.717) is 86.6 Å². The molecule has 0 saturated heterocycles. The number of aromatic nitrogens is 4. The first-order valence-electron chi connectivity index (χ1n) is 15.9. The van der Waals surface area contributed by atoms with Crippen molar-refractivity contribution in [2.45, 2.75) is 32.2 Å². The van der Waals surface area contributed by atoms with Crippen molar-refractivity contribution in [1.29, 1.82) is 0 Å². The molecule has 49 heavy (non-hydrogen) atoms. The minimum atomic E-state index is -0.250. The zero-order valence-corrected chi connectivity index (χ0v) is 28.2.